The average Bonchev–Trinajstić information content (AvgIpc) is 2.74. The van der Waals surface area contributed by atoms with E-state index in [0.29, 0.717) is 16.2 Å². The van der Waals surface area contributed by atoms with Gasteiger partial charge in [0.25, 0.3) is 0 Å². The molecular formula is C15H16BrN3O. The maximum atomic E-state index is 9.05. The molecule has 0 radical (unpaired) electrons. The highest BCUT2D eigenvalue weighted by atomic mass is 79.9. The van der Waals surface area contributed by atoms with Crippen molar-refractivity contribution in [1.82, 2.24) is 9.55 Å². The van der Waals surface area contributed by atoms with Crippen molar-refractivity contribution in [2.24, 2.45) is 7.05 Å². The van der Waals surface area contributed by atoms with Gasteiger partial charge in [-0.3, -0.25) is 0 Å². The molecule has 2 rings (SSSR count). The van der Waals surface area contributed by atoms with Crippen LogP contribution in [-0.4, -0.2) is 16.7 Å². The number of nitriles is 1. The van der Waals surface area contributed by atoms with Crippen LogP contribution >= 0.6 is 15.9 Å². The minimum Gasteiger partial charge on any atom is -0.496 e. The Morgan fingerprint density at radius 1 is 1.40 bits per heavy atom. The average molecular weight is 334 g/mol. The molecule has 0 aliphatic rings. The van der Waals surface area contributed by atoms with Crippen molar-refractivity contribution in [1.29, 1.82) is 5.26 Å². The van der Waals surface area contributed by atoms with Gasteiger partial charge in [0.1, 0.15) is 22.2 Å². The predicted octanol–water partition coefficient (Wildman–Crippen LogP) is 3.85. The Kier molecular flexibility index (Phi) is 4.15. The van der Waals surface area contributed by atoms with E-state index in [0.717, 1.165) is 22.7 Å². The molecule has 0 atom stereocenters. The monoisotopic (exact) mass is 333 g/mol. The fourth-order valence-electron chi connectivity index (χ4n) is 2.13. The Morgan fingerprint density at radius 2 is 2.10 bits per heavy atom. The van der Waals surface area contributed by atoms with Crippen LogP contribution in [0.25, 0.3) is 11.4 Å². The molecule has 0 aliphatic heterocycles. The first-order chi connectivity index (χ1) is 9.49. The van der Waals surface area contributed by atoms with Gasteiger partial charge in [-0.05, 0) is 45.6 Å². The highest BCUT2D eigenvalue weighted by Crippen LogP contribution is 2.32. The second kappa shape index (κ2) is 5.68. The third-order valence-electron chi connectivity index (χ3n) is 3.24. The number of hydrogen-bond donors (Lipinski definition) is 0. The fraction of sp³-hybridized carbons (Fsp3) is 0.333. The maximum absolute atomic E-state index is 9.05. The summed E-state index contributed by atoms with van der Waals surface area (Å²) in [4.78, 5) is 4.37. The second-order valence-electron chi connectivity index (χ2n) is 4.86. The smallest absolute Gasteiger partial charge is 0.173 e. The molecule has 0 unspecified atom stereocenters. The van der Waals surface area contributed by atoms with Gasteiger partial charge in [-0.15, -0.1) is 0 Å². The molecule has 0 spiro atoms. The lowest BCUT2D eigenvalue weighted by Crippen LogP contribution is -1.97. The van der Waals surface area contributed by atoms with E-state index in [1.165, 1.54) is 0 Å². The lowest BCUT2D eigenvalue weighted by molar-refractivity contribution is 0.407. The number of methoxy groups -OCH3 is 1. The molecule has 5 heteroatoms. The molecule has 4 nitrogen and oxygen atoms in total. The summed E-state index contributed by atoms with van der Waals surface area (Å²) in [6.07, 6.45) is 0. The first-order valence-electron chi connectivity index (χ1n) is 6.30. The molecule has 0 bridgehead atoms. The molecule has 0 saturated carbocycles. The van der Waals surface area contributed by atoms with Crippen molar-refractivity contribution in [3.63, 3.8) is 0 Å². The zero-order valence-electron chi connectivity index (χ0n) is 11.9. The summed E-state index contributed by atoms with van der Waals surface area (Å²) < 4.78 is 7.95. The van der Waals surface area contributed by atoms with Gasteiger partial charge in [-0.25, -0.2) is 4.98 Å². The minimum atomic E-state index is 0.351. The van der Waals surface area contributed by atoms with E-state index in [1.807, 2.05) is 23.7 Å². The van der Waals surface area contributed by atoms with Crippen molar-refractivity contribution < 1.29 is 4.74 Å². The van der Waals surface area contributed by atoms with Gasteiger partial charge in [0, 0.05) is 12.6 Å². The molecule has 104 valence electrons. The summed E-state index contributed by atoms with van der Waals surface area (Å²) in [6.45, 7) is 4.24. The number of imidazole rings is 1. The van der Waals surface area contributed by atoms with Gasteiger partial charge in [0.2, 0.25) is 0 Å². The summed E-state index contributed by atoms with van der Waals surface area (Å²) in [7, 11) is 3.55. The summed E-state index contributed by atoms with van der Waals surface area (Å²) in [5.74, 6) is 1.99. The third kappa shape index (κ3) is 2.44. The Labute approximate surface area is 127 Å². The first-order valence-corrected chi connectivity index (χ1v) is 7.09. The van der Waals surface area contributed by atoms with Crippen LogP contribution in [0.1, 0.15) is 31.0 Å². The van der Waals surface area contributed by atoms with Gasteiger partial charge in [-0.1, -0.05) is 13.8 Å². The third-order valence-corrected chi connectivity index (χ3v) is 4.15. The number of halogens is 1. The van der Waals surface area contributed by atoms with E-state index in [-0.39, 0.29) is 0 Å². The molecule has 0 saturated heterocycles. The normalized spacial score (nSPS) is 10.7. The van der Waals surface area contributed by atoms with Crippen LogP contribution < -0.4 is 4.74 Å². The van der Waals surface area contributed by atoms with Crippen molar-refractivity contribution in [3.05, 3.63) is 34.1 Å². The number of ether oxygens (including phenoxy) is 1. The Bertz CT molecular complexity index is 683. The quantitative estimate of drug-likeness (QED) is 0.857. The number of nitrogens with zero attached hydrogens (tertiary/aromatic N) is 3. The van der Waals surface area contributed by atoms with E-state index in [4.69, 9.17) is 10.00 Å². The molecule has 0 fully saturated rings. The summed E-state index contributed by atoms with van der Waals surface area (Å²) in [5.41, 5.74) is 2.49. The van der Waals surface area contributed by atoms with Crippen molar-refractivity contribution in [2.75, 3.05) is 7.11 Å². The van der Waals surface area contributed by atoms with Crippen molar-refractivity contribution in [3.8, 4) is 23.2 Å². The van der Waals surface area contributed by atoms with E-state index >= 15 is 0 Å². The highest BCUT2D eigenvalue weighted by Gasteiger charge is 2.16. The predicted molar refractivity (Wildman–Crippen MR) is 81.7 cm³/mol. The summed E-state index contributed by atoms with van der Waals surface area (Å²) >= 11 is 3.39. The second-order valence-corrected chi connectivity index (χ2v) is 5.61. The van der Waals surface area contributed by atoms with E-state index in [2.05, 4.69) is 46.9 Å². The van der Waals surface area contributed by atoms with Gasteiger partial charge >= 0.3 is 0 Å². The number of rotatable bonds is 3. The molecule has 0 N–H and O–H groups in total. The van der Waals surface area contributed by atoms with Crippen molar-refractivity contribution >= 4 is 15.9 Å². The van der Waals surface area contributed by atoms with Gasteiger partial charge in [0.15, 0.2) is 5.69 Å². The Morgan fingerprint density at radius 3 is 2.60 bits per heavy atom. The van der Waals surface area contributed by atoms with Crippen LogP contribution in [0, 0.1) is 11.3 Å². The summed E-state index contributed by atoms with van der Waals surface area (Å²) in [5, 5.41) is 9.05. The molecule has 0 amide bonds. The zero-order chi connectivity index (χ0) is 14.9. The number of benzene rings is 1. The van der Waals surface area contributed by atoms with Gasteiger partial charge in [0.05, 0.1) is 7.11 Å². The van der Waals surface area contributed by atoms with Crippen molar-refractivity contribution in [2.45, 2.75) is 19.8 Å². The molecule has 2 aromatic rings. The molecule has 1 heterocycles. The van der Waals surface area contributed by atoms with Crippen LogP contribution in [0.4, 0.5) is 0 Å². The lowest BCUT2D eigenvalue weighted by Gasteiger charge is -2.13. The van der Waals surface area contributed by atoms with Crippen LogP contribution in [0.15, 0.2) is 22.8 Å². The molecule has 0 aliphatic carbocycles. The minimum absolute atomic E-state index is 0.351. The van der Waals surface area contributed by atoms with Gasteiger partial charge < -0.3 is 9.30 Å². The highest BCUT2D eigenvalue weighted by molar-refractivity contribution is 9.10. The maximum Gasteiger partial charge on any atom is 0.173 e. The lowest BCUT2D eigenvalue weighted by atomic mass is 9.99. The van der Waals surface area contributed by atoms with E-state index < -0.39 is 0 Å². The zero-order valence-corrected chi connectivity index (χ0v) is 13.5. The van der Waals surface area contributed by atoms with Crippen LogP contribution in [0.5, 0.6) is 5.75 Å². The van der Waals surface area contributed by atoms with Crippen LogP contribution in [0.3, 0.4) is 0 Å². The SMILES string of the molecule is COc1ccc(-c2nc(C#N)c(Br)n2C)cc1C(C)C. The Hall–Kier alpha value is -1.80. The topological polar surface area (TPSA) is 50.8 Å². The molecule has 1 aromatic heterocycles. The van der Waals surface area contributed by atoms with E-state index in [1.54, 1.807) is 7.11 Å². The fourth-order valence-corrected chi connectivity index (χ4v) is 2.48. The number of hydrogen-bond acceptors (Lipinski definition) is 3. The standard InChI is InChI=1S/C15H16BrN3O/c1-9(2)11-7-10(5-6-13(11)20-4)15-18-12(8-17)14(16)19(15)3/h5-7,9H,1-4H3. The van der Waals surface area contributed by atoms with E-state index in [9.17, 15) is 0 Å². The van der Waals surface area contributed by atoms with Crippen LogP contribution in [0.2, 0.25) is 0 Å². The summed E-state index contributed by atoms with van der Waals surface area (Å²) in [6, 6.07) is 8.05. The largest absolute Gasteiger partial charge is 0.496 e. The number of aromatic nitrogens is 2. The first kappa shape index (κ1) is 14.6. The molecule has 20 heavy (non-hydrogen) atoms. The molecular weight excluding hydrogens is 318 g/mol. The molecule has 1 aromatic carbocycles. The van der Waals surface area contributed by atoms with Gasteiger partial charge in [-0.2, -0.15) is 5.26 Å². The Balaban J connectivity index is 2.60. The van der Waals surface area contributed by atoms with Crippen LogP contribution in [-0.2, 0) is 7.05 Å².